The number of esters is 1. The van der Waals surface area contributed by atoms with Gasteiger partial charge in [0.15, 0.2) is 0 Å². The van der Waals surface area contributed by atoms with Gasteiger partial charge in [-0.15, -0.1) is 0 Å². The van der Waals surface area contributed by atoms with Crippen molar-refractivity contribution in [1.82, 2.24) is 14.8 Å². The average molecular weight is 460 g/mol. The molecular weight excluding hydrogens is 436 g/mol. The van der Waals surface area contributed by atoms with Crippen molar-refractivity contribution in [1.29, 1.82) is 0 Å². The zero-order chi connectivity index (χ0) is 24.1. The molecule has 2 aromatic heterocycles. The zero-order valence-corrected chi connectivity index (χ0v) is 19.1. The van der Waals surface area contributed by atoms with E-state index in [1.807, 2.05) is 6.92 Å². The predicted octanol–water partition coefficient (Wildman–Crippen LogP) is 4.22. The van der Waals surface area contributed by atoms with Crippen LogP contribution in [0.15, 0.2) is 61.1 Å². The number of methoxy groups -OCH3 is 2. The van der Waals surface area contributed by atoms with E-state index in [1.165, 1.54) is 14.2 Å². The van der Waals surface area contributed by atoms with E-state index >= 15 is 0 Å². The third-order valence-electron chi connectivity index (χ3n) is 5.20. The SMILES string of the molecule is CCn1cc(NC(=O)Cc2ccc(Oc3ccnc4ccc(C(=O)OC)cc34)cc2OC)cn1. The quantitative estimate of drug-likeness (QED) is 0.393. The number of pyridine rings is 1. The normalized spacial score (nSPS) is 10.7. The number of rotatable bonds is 8. The standard InChI is InChI=1S/C25H24N4O5/c1-4-29-15-18(14-27-29)28-24(30)12-16-5-7-19(13-23(16)32-2)34-22-9-10-26-21-8-6-17(11-20(21)22)25(31)33-3/h5-11,13-15H,4,12H2,1-3H3,(H,28,30). The van der Waals surface area contributed by atoms with E-state index in [1.54, 1.807) is 65.7 Å². The third-order valence-corrected chi connectivity index (χ3v) is 5.20. The van der Waals surface area contributed by atoms with Crippen LogP contribution in [0.3, 0.4) is 0 Å². The van der Waals surface area contributed by atoms with Crippen LogP contribution in [0.25, 0.3) is 10.9 Å². The Kier molecular flexibility index (Phi) is 6.72. The number of ether oxygens (including phenoxy) is 3. The van der Waals surface area contributed by atoms with E-state index in [0.29, 0.717) is 45.0 Å². The lowest BCUT2D eigenvalue weighted by atomic mass is 10.1. The van der Waals surface area contributed by atoms with Crippen molar-refractivity contribution in [2.75, 3.05) is 19.5 Å². The van der Waals surface area contributed by atoms with E-state index in [2.05, 4.69) is 15.4 Å². The summed E-state index contributed by atoms with van der Waals surface area (Å²) >= 11 is 0. The number of nitrogens with one attached hydrogen (secondary N) is 1. The molecule has 9 heteroatoms. The number of fused-ring (bicyclic) bond motifs is 1. The minimum absolute atomic E-state index is 0.126. The summed E-state index contributed by atoms with van der Waals surface area (Å²) in [5.74, 6) is 0.934. The summed E-state index contributed by atoms with van der Waals surface area (Å²) in [6, 6.07) is 12.0. The number of hydrogen-bond acceptors (Lipinski definition) is 7. The smallest absolute Gasteiger partial charge is 0.337 e. The van der Waals surface area contributed by atoms with Crippen LogP contribution in [0.5, 0.6) is 17.2 Å². The second-order valence-electron chi connectivity index (χ2n) is 7.42. The fourth-order valence-electron chi connectivity index (χ4n) is 3.50. The summed E-state index contributed by atoms with van der Waals surface area (Å²) in [6.45, 7) is 2.70. The number of aryl methyl sites for hydroxylation is 1. The topological polar surface area (TPSA) is 105 Å². The molecule has 0 spiro atoms. The first-order valence-corrected chi connectivity index (χ1v) is 10.6. The van der Waals surface area contributed by atoms with E-state index < -0.39 is 5.97 Å². The largest absolute Gasteiger partial charge is 0.496 e. The van der Waals surface area contributed by atoms with Crippen molar-refractivity contribution in [3.05, 3.63) is 72.2 Å². The van der Waals surface area contributed by atoms with E-state index in [4.69, 9.17) is 14.2 Å². The van der Waals surface area contributed by atoms with Crippen molar-refractivity contribution < 1.29 is 23.8 Å². The summed E-state index contributed by atoms with van der Waals surface area (Å²) in [5.41, 5.74) is 2.43. The Labute approximate surface area is 196 Å². The molecule has 0 fully saturated rings. The lowest BCUT2D eigenvalue weighted by molar-refractivity contribution is -0.115. The first-order valence-electron chi connectivity index (χ1n) is 10.6. The first kappa shape index (κ1) is 22.8. The van der Waals surface area contributed by atoms with Gasteiger partial charge in [0, 0.05) is 36.0 Å². The summed E-state index contributed by atoms with van der Waals surface area (Å²) in [6.07, 6.45) is 5.14. The maximum atomic E-state index is 12.5. The number of carbonyl (C=O) groups excluding carboxylic acids is 2. The molecule has 0 aliphatic carbocycles. The fraction of sp³-hybridized carbons (Fsp3) is 0.200. The zero-order valence-electron chi connectivity index (χ0n) is 19.1. The van der Waals surface area contributed by atoms with E-state index in [9.17, 15) is 9.59 Å². The second kappa shape index (κ2) is 10.0. The lowest BCUT2D eigenvalue weighted by Gasteiger charge is -2.13. The monoisotopic (exact) mass is 460 g/mol. The Morgan fingerprint density at radius 3 is 2.65 bits per heavy atom. The number of benzene rings is 2. The van der Waals surface area contributed by atoms with Crippen molar-refractivity contribution in [3.8, 4) is 17.2 Å². The van der Waals surface area contributed by atoms with Crippen molar-refractivity contribution in [3.63, 3.8) is 0 Å². The molecular formula is C25H24N4O5. The van der Waals surface area contributed by atoms with Gasteiger partial charge in [0.25, 0.3) is 0 Å². The molecule has 0 saturated carbocycles. The molecule has 2 aromatic carbocycles. The molecule has 0 unspecified atom stereocenters. The molecule has 0 bridgehead atoms. The van der Waals surface area contributed by atoms with Gasteiger partial charge in [0.2, 0.25) is 5.91 Å². The highest BCUT2D eigenvalue weighted by atomic mass is 16.5. The Hall–Kier alpha value is -4.40. The Morgan fingerprint density at radius 1 is 1.06 bits per heavy atom. The van der Waals surface area contributed by atoms with E-state index in [0.717, 1.165) is 6.54 Å². The van der Waals surface area contributed by atoms with Crippen LogP contribution in [-0.4, -0.2) is 40.9 Å². The van der Waals surface area contributed by atoms with Gasteiger partial charge >= 0.3 is 5.97 Å². The third kappa shape index (κ3) is 4.98. The Balaban J connectivity index is 1.54. The Morgan fingerprint density at radius 2 is 1.91 bits per heavy atom. The van der Waals surface area contributed by atoms with Crippen molar-refractivity contribution in [2.24, 2.45) is 0 Å². The highest BCUT2D eigenvalue weighted by molar-refractivity contribution is 5.96. The van der Waals surface area contributed by atoms with E-state index in [-0.39, 0.29) is 12.3 Å². The molecule has 34 heavy (non-hydrogen) atoms. The molecule has 0 atom stereocenters. The van der Waals surface area contributed by atoms with Crippen LogP contribution in [-0.2, 0) is 22.5 Å². The summed E-state index contributed by atoms with van der Waals surface area (Å²) in [4.78, 5) is 28.8. The molecule has 174 valence electrons. The predicted molar refractivity (Wildman–Crippen MR) is 126 cm³/mol. The number of nitrogens with zero attached hydrogens (tertiary/aromatic N) is 3. The van der Waals surface area contributed by atoms with Gasteiger partial charge in [-0.3, -0.25) is 14.5 Å². The average Bonchev–Trinajstić information content (AvgIpc) is 3.31. The second-order valence-corrected chi connectivity index (χ2v) is 7.42. The van der Waals surface area contributed by atoms with Crippen LogP contribution in [0.2, 0.25) is 0 Å². The van der Waals surface area contributed by atoms with Gasteiger partial charge in [0.1, 0.15) is 17.2 Å². The fourth-order valence-corrected chi connectivity index (χ4v) is 3.50. The number of hydrogen-bond donors (Lipinski definition) is 1. The number of anilines is 1. The highest BCUT2D eigenvalue weighted by Crippen LogP contribution is 2.33. The first-order chi connectivity index (χ1) is 16.5. The van der Waals surface area contributed by atoms with Crippen LogP contribution >= 0.6 is 0 Å². The Bertz CT molecular complexity index is 1350. The van der Waals surface area contributed by atoms with Gasteiger partial charge in [-0.25, -0.2) is 4.79 Å². The maximum absolute atomic E-state index is 12.5. The number of aromatic nitrogens is 3. The van der Waals surface area contributed by atoms with Crippen LogP contribution in [0, 0.1) is 0 Å². The van der Waals surface area contributed by atoms with Gasteiger partial charge in [-0.05, 0) is 37.3 Å². The van der Waals surface area contributed by atoms with Gasteiger partial charge in [-0.1, -0.05) is 6.07 Å². The summed E-state index contributed by atoms with van der Waals surface area (Å²) in [7, 11) is 2.87. The lowest BCUT2D eigenvalue weighted by Crippen LogP contribution is -2.14. The van der Waals surface area contributed by atoms with Gasteiger partial charge in [-0.2, -0.15) is 5.10 Å². The summed E-state index contributed by atoms with van der Waals surface area (Å²) in [5, 5.41) is 7.66. The molecule has 0 aliphatic rings. The molecule has 1 N–H and O–H groups in total. The molecule has 0 saturated heterocycles. The summed E-state index contributed by atoms with van der Waals surface area (Å²) < 4.78 is 18.1. The van der Waals surface area contributed by atoms with Crippen LogP contribution in [0.4, 0.5) is 5.69 Å². The van der Waals surface area contributed by atoms with Crippen LogP contribution < -0.4 is 14.8 Å². The maximum Gasteiger partial charge on any atom is 0.337 e. The molecule has 0 radical (unpaired) electrons. The molecule has 4 aromatic rings. The van der Waals surface area contributed by atoms with Gasteiger partial charge in [0.05, 0.1) is 43.6 Å². The molecule has 4 rings (SSSR count). The highest BCUT2D eigenvalue weighted by Gasteiger charge is 2.14. The molecule has 2 heterocycles. The van der Waals surface area contributed by atoms with Crippen LogP contribution in [0.1, 0.15) is 22.8 Å². The molecule has 9 nitrogen and oxygen atoms in total. The number of amides is 1. The van der Waals surface area contributed by atoms with Gasteiger partial charge < -0.3 is 19.5 Å². The van der Waals surface area contributed by atoms with Crippen molar-refractivity contribution >= 4 is 28.5 Å². The minimum atomic E-state index is -0.442. The minimum Gasteiger partial charge on any atom is -0.496 e. The van der Waals surface area contributed by atoms with Crippen molar-refractivity contribution in [2.45, 2.75) is 19.9 Å². The molecule has 1 amide bonds. The molecule has 0 aliphatic heterocycles. The number of carbonyl (C=O) groups is 2.